The van der Waals surface area contributed by atoms with Crippen molar-refractivity contribution in [1.82, 2.24) is 4.98 Å². The van der Waals surface area contributed by atoms with Crippen LogP contribution in [-0.4, -0.2) is 9.91 Å². The summed E-state index contributed by atoms with van der Waals surface area (Å²) >= 11 is 0.896. The van der Waals surface area contributed by atoms with Gasteiger partial charge in [-0.3, -0.25) is 10.1 Å². The number of rotatable bonds is 3. The van der Waals surface area contributed by atoms with Crippen molar-refractivity contribution in [2.45, 2.75) is 0 Å². The van der Waals surface area contributed by atoms with Crippen LogP contribution >= 0.6 is 11.3 Å². The van der Waals surface area contributed by atoms with E-state index in [0.29, 0.717) is 5.69 Å². The lowest BCUT2D eigenvalue weighted by Gasteiger charge is -1.92. The predicted molar refractivity (Wildman–Crippen MR) is 76.0 cm³/mol. The molecule has 0 bridgehead atoms. The molecular weight excluding hydrogens is 276 g/mol. The van der Waals surface area contributed by atoms with E-state index in [-0.39, 0.29) is 10.1 Å². The molecule has 3 rings (SSSR count). The largest absolute Gasteiger partial charge is 0.345 e. The van der Waals surface area contributed by atoms with E-state index in [2.05, 4.69) is 15.2 Å². The van der Waals surface area contributed by atoms with Gasteiger partial charge in [0, 0.05) is 5.56 Å². The van der Waals surface area contributed by atoms with Crippen LogP contribution in [0, 0.1) is 10.1 Å². The average molecular weight is 284 g/mol. The minimum absolute atomic E-state index is 0.0438. The summed E-state index contributed by atoms with van der Waals surface area (Å²) in [6.07, 6.45) is 1.18. The van der Waals surface area contributed by atoms with E-state index in [1.54, 1.807) is 0 Å². The molecule has 0 fully saturated rings. The van der Waals surface area contributed by atoms with Crippen molar-refractivity contribution in [2.75, 3.05) is 0 Å². The van der Waals surface area contributed by atoms with Crippen LogP contribution in [0.25, 0.3) is 11.1 Å². The molecule has 6 nitrogen and oxygen atoms in total. The first-order valence-corrected chi connectivity index (χ1v) is 6.55. The van der Waals surface area contributed by atoms with E-state index in [1.165, 1.54) is 6.20 Å². The number of aromatic nitrogens is 1. The van der Waals surface area contributed by atoms with Crippen LogP contribution in [0.3, 0.4) is 0 Å². The average Bonchev–Trinajstić information content (AvgIpc) is 2.98. The van der Waals surface area contributed by atoms with Gasteiger partial charge >= 0.3 is 5.00 Å². The van der Waals surface area contributed by atoms with Gasteiger partial charge in [0.15, 0.2) is 0 Å². The molecule has 2 aliphatic rings. The summed E-state index contributed by atoms with van der Waals surface area (Å²) in [7, 11) is 0. The fraction of sp³-hybridized carbons (Fsp3) is 0. The van der Waals surface area contributed by atoms with Gasteiger partial charge in [-0.2, -0.15) is 0 Å². The summed E-state index contributed by atoms with van der Waals surface area (Å²) in [6.45, 7) is 0. The van der Waals surface area contributed by atoms with Crippen LogP contribution in [0.4, 0.5) is 15.8 Å². The summed E-state index contributed by atoms with van der Waals surface area (Å²) in [5.41, 5.74) is 2.76. The zero-order chi connectivity index (χ0) is 13.9. The number of nitro groups is 1. The number of fused-ring (bicyclic) bond motifs is 1. The van der Waals surface area contributed by atoms with Crippen LogP contribution < -0.4 is 0 Å². The predicted octanol–water partition coefficient (Wildman–Crippen LogP) is 4.57. The van der Waals surface area contributed by atoms with Gasteiger partial charge < -0.3 is 0 Å². The second kappa shape index (κ2) is 5.14. The maximum absolute atomic E-state index is 10.6. The van der Waals surface area contributed by atoms with Gasteiger partial charge in [-0.15, -0.1) is 10.2 Å². The molecule has 0 atom stereocenters. The Bertz CT molecular complexity index is 769. The van der Waals surface area contributed by atoms with Crippen LogP contribution in [0.2, 0.25) is 0 Å². The van der Waals surface area contributed by atoms with Crippen molar-refractivity contribution < 1.29 is 4.92 Å². The van der Waals surface area contributed by atoms with Crippen molar-refractivity contribution in [2.24, 2.45) is 10.2 Å². The van der Waals surface area contributed by atoms with E-state index in [1.807, 2.05) is 42.5 Å². The Labute approximate surface area is 117 Å². The number of azo groups is 1. The SMILES string of the molecule is O=[N+]([O-])c1cnc(N=Nc2ccc3cccccc2-3)s1. The third kappa shape index (κ3) is 2.39. The van der Waals surface area contributed by atoms with Crippen molar-refractivity contribution in [3.63, 3.8) is 0 Å². The first kappa shape index (κ1) is 12.4. The number of thiazole rings is 1. The lowest BCUT2D eigenvalue weighted by molar-refractivity contribution is -0.380. The highest BCUT2D eigenvalue weighted by molar-refractivity contribution is 7.18. The Morgan fingerprint density at radius 2 is 1.95 bits per heavy atom. The minimum Gasteiger partial charge on any atom is -0.257 e. The molecule has 0 radical (unpaired) electrons. The Morgan fingerprint density at radius 3 is 2.75 bits per heavy atom. The maximum Gasteiger partial charge on any atom is 0.345 e. The molecule has 2 aliphatic carbocycles. The molecule has 0 saturated heterocycles. The molecule has 7 heteroatoms. The molecule has 0 aliphatic heterocycles. The summed E-state index contributed by atoms with van der Waals surface area (Å²) in [6, 6.07) is 13.6. The van der Waals surface area contributed by atoms with Gasteiger partial charge in [0.1, 0.15) is 6.20 Å². The number of nitrogens with zero attached hydrogens (tertiary/aromatic N) is 4. The molecule has 1 aromatic rings. The molecule has 1 heterocycles. The van der Waals surface area contributed by atoms with E-state index >= 15 is 0 Å². The molecule has 0 saturated carbocycles. The van der Waals surface area contributed by atoms with Crippen LogP contribution in [0.5, 0.6) is 0 Å². The Hall–Kier alpha value is -2.67. The summed E-state index contributed by atoms with van der Waals surface area (Å²) in [4.78, 5) is 13.9. The van der Waals surface area contributed by atoms with Crippen molar-refractivity contribution in [3.05, 3.63) is 58.8 Å². The van der Waals surface area contributed by atoms with Crippen LogP contribution in [-0.2, 0) is 0 Å². The molecule has 1 aromatic heterocycles. The second-order valence-corrected chi connectivity index (χ2v) is 4.92. The third-order valence-corrected chi connectivity index (χ3v) is 3.51. The monoisotopic (exact) mass is 284 g/mol. The smallest absolute Gasteiger partial charge is 0.257 e. The first-order valence-electron chi connectivity index (χ1n) is 5.74. The number of hydrogen-bond donors (Lipinski definition) is 0. The maximum atomic E-state index is 10.6. The molecule has 98 valence electrons. The lowest BCUT2D eigenvalue weighted by Crippen LogP contribution is -1.80. The van der Waals surface area contributed by atoms with Gasteiger partial charge in [-0.25, -0.2) is 4.98 Å². The van der Waals surface area contributed by atoms with Gasteiger partial charge in [0.05, 0.1) is 10.6 Å². The molecule has 0 spiro atoms. The zero-order valence-corrected chi connectivity index (χ0v) is 10.9. The van der Waals surface area contributed by atoms with Gasteiger partial charge in [-0.05, 0) is 23.0 Å². The van der Waals surface area contributed by atoms with Crippen molar-refractivity contribution >= 4 is 27.2 Å². The first-order chi connectivity index (χ1) is 9.74. The Balaban J connectivity index is 1.90. The Morgan fingerprint density at radius 1 is 1.10 bits per heavy atom. The lowest BCUT2D eigenvalue weighted by atomic mass is 10.2. The van der Waals surface area contributed by atoms with Crippen molar-refractivity contribution in [1.29, 1.82) is 0 Å². The van der Waals surface area contributed by atoms with E-state index in [0.717, 1.165) is 22.5 Å². The van der Waals surface area contributed by atoms with Crippen LogP contribution in [0.15, 0.2) is 58.9 Å². The number of hydrogen-bond acceptors (Lipinski definition) is 6. The highest BCUT2D eigenvalue weighted by Gasteiger charge is 2.11. The topological polar surface area (TPSA) is 80.8 Å². The zero-order valence-electron chi connectivity index (χ0n) is 10.1. The normalized spacial score (nSPS) is 11.2. The Kier molecular flexibility index (Phi) is 3.18. The van der Waals surface area contributed by atoms with E-state index in [4.69, 9.17) is 0 Å². The van der Waals surface area contributed by atoms with Gasteiger partial charge in [0.2, 0.25) is 5.13 Å². The van der Waals surface area contributed by atoms with Gasteiger partial charge in [-0.1, -0.05) is 36.4 Å². The molecule has 0 aromatic carbocycles. The van der Waals surface area contributed by atoms with E-state index in [9.17, 15) is 10.1 Å². The highest BCUT2D eigenvalue weighted by Crippen LogP contribution is 2.35. The molecule has 20 heavy (non-hydrogen) atoms. The quantitative estimate of drug-likeness (QED) is 0.401. The van der Waals surface area contributed by atoms with Crippen molar-refractivity contribution in [3.8, 4) is 11.1 Å². The fourth-order valence-electron chi connectivity index (χ4n) is 1.77. The summed E-state index contributed by atoms with van der Waals surface area (Å²) in [5, 5.41) is 18.9. The van der Waals surface area contributed by atoms with Gasteiger partial charge in [0.25, 0.3) is 0 Å². The fourth-order valence-corrected chi connectivity index (χ4v) is 2.32. The summed E-state index contributed by atoms with van der Waals surface area (Å²) < 4.78 is 0. The standard InChI is InChI=1S/C13H8N4O2S/c18-17(19)12-8-14-13(20-12)16-15-11-7-6-9-4-2-1-3-5-10(9)11/h1-8H. The van der Waals surface area contributed by atoms with E-state index < -0.39 is 4.92 Å². The second-order valence-electron chi connectivity index (χ2n) is 3.94. The summed E-state index contributed by atoms with van der Waals surface area (Å²) in [5.74, 6) is 0. The minimum atomic E-state index is -0.491. The highest BCUT2D eigenvalue weighted by atomic mass is 32.1. The van der Waals surface area contributed by atoms with Crippen LogP contribution in [0.1, 0.15) is 0 Å². The molecular formula is C13H8N4O2S. The molecule has 0 N–H and O–H groups in total. The molecule has 0 amide bonds. The molecule has 0 unspecified atom stereocenters. The third-order valence-electron chi connectivity index (χ3n) is 2.67.